The van der Waals surface area contributed by atoms with Crippen LogP contribution in [0.25, 0.3) is 72.3 Å². The van der Waals surface area contributed by atoms with Crippen molar-refractivity contribution in [2.24, 2.45) is 0 Å². The summed E-state index contributed by atoms with van der Waals surface area (Å²) >= 11 is 0. The summed E-state index contributed by atoms with van der Waals surface area (Å²) in [5.41, 5.74) is 15.1. The summed E-state index contributed by atoms with van der Waals surface area (Å²) in [6.45, 7) is 20.4. The van der Waals surface area contributed by atoms with Crippen molar-refractivity contribution in [3.63, 3.8) is 0 Å². The van der Waals surface area contributed by atoms with Crippen molar-refractivity contribution < 1.29 is 9.30 Å². The van der Waals surface area contributed by atoms with Crippen LogP contribution in [0.3, 0.4) is 0 Å². The normalized spacial score (nSPS) is 12.4. The van der Waals surface area contributed by atoms with Gasteiger partial charge in [-0.05, 0) is 122 Å². The highest BCUT2D eigenvalue weighted by atomic mass is 16.5. The Morgan fingerprint density at radius 2 is 1.14 bits per heavy atom. The number of aromatic nitrogens is 4. The largest absolute Gasteiger partial charge is 0.457 e. The monoisotopic (exact) mass is 849 g/mol. The van der Waals surface area contributed by atoms with E-state index in [9.17, 15) is 0 Å². The number of hydrogen-bond donors (Lipinski definition) is 0. The molecule has 0 saturated heterocycles. The van der Waals surface area contributed by atoms with Gasteiger partial charge in [0.1, 0.15) is 28.7 Å². The molecule has 0 saturated carbocycles. The number of pyridine rings is 1. The van der Waals surface area contributed by atoms with Crippen molar-refractivity contribution in [2.45, 2.75) is 78.6 Å². The highest BCUT2D eigenvalue weighted by Crippen LogP contribution is 2.39. The molecule has 3 aromatic heterocycles. The molecule has 0 atom stereocenters. The first-order valence-corrected chi connectivity index (χ1v) is 22.8. The van der Waals surface area contributed by atoms with E-state index < -0.39 is 0 Å². The van der Waals surface area contributed by atoms with E-state index >= 15 is 0 Å². The lowest BCUT2D eigenvalue weighted by Gasteiger charge is -2.21. The maximum Gasteiger partial charge on any atom is 0.255 e. The summed E-state index contributed by atoms with van der Waals surface area (Å²) in [5.74, 6) is 2.39. The summed E-state index contributed by atoms with van der Waals surface area (Å²) in [6, 6.07) is 61.2. The summed E-state index contributed by atoms with van der Waals surface area (Å²) in [6.07, 6.45) is 4.16. The molecule has 0 spiro atoms. The number of para-hydroxylation sites is 2. The van der Waals surface area contributed by atoms with E-state index in [-0.39, 0.29) is 16.2 Å². The first-order valence-electron chi connectivity index (χ1n) is 22.8. The fourth-order valence-corrected chi connectivity index (χ4v) is 9.06. The number of ether oxygens (including phenoxy) is 1. The predicted molar refractivity (Wildman–Crippen MR) is 270 cm³/mol. The molecule has 0 unspecified atom stereocenters. The minimum absolute atomic E-state index is 0.0244. The molecule has 5 heteroatoms. The number of fused-ring (bicyclic) bond motifs is 4. The molecule has 0 radical (unpaired) electrons. The zero-order chi connectivity index (χ0) is 45.3. The highest BCUT2D eigenvalue weighted by molar-refractivity contribution is 6.10. The Morgan fingerprint density at radius 1 is 0.462 bits per heavy atom. The van der Waals surface area contributed by atoms with Gasteiger partial charge in [0.15, 0.2) is 11.0 Å². The highest BCUT2D eigenvalue weighted by Gasteiger charge is 2.25. The number of nitrogens with zero attached hydrogens (tertiary/aromatic N) is 4. The summed E-state index contributed by atoms with van der Waals surface area (Å²) in [7, 11) is 0. The van der Waals surface area contributed by atoms with Crippen molar-refractivity contribution in [3.05, 3.63) is 199 Å². The Morgan fingerprint density at radius 3 is 1.89 bits per heavy atom. The van der Waals surface area contributed by atoms with Crippen LogP contribution in [0.1, 0.15) is 79.0 Å². The Hall–Kier alpha value is -7.24. The lowest BCUT2D eigenvalue weighted by atomic mass is 9.84. The molecule has 7 aromatic carbocycles. The number of benzene rings is 7. The Bertz CT molecular complexity index is 3390. The van der Waals surface area contributed by atoms with Crippen LogP contribution in [-0.4, -0.2) is 14.1 Å². The maximum atomic E-state index is 6.82. The standard InChI is InChI=1S/C60H57N4O/c1-58(2,3)43-25-22-41(23-26-43)49-29-27-44(59(4,5)6)35-55(49)63-39-62(53-20-13-14-21-54(53)63)46-18-15-19-47(37-46)65-48-28-30-50-51-34-42(40-16-11-10-12-17-40)24-31-52(51)64(56(50)38-48)57-36-45(32-33-61-57)60(7,8)9/h10-39H,1-9H3/q+1. The van der Waals surface area contributed by atoms with Gasteiger partial charge in [0.25, 0.3) is 6.33 Å². The molecule has 322 valence electrons. The molecule has 0 aliphatic rings. The van der Waals surface area contributed by atoms with E-state index in [1.54, 1.807) is 0 Å². The molecule has 3 heterocycles. The molecule has 0 aliphatic carbocycles. The minimum Gasteiger partial charge on any atom is -0.457 e. The molecule has 0 amide bonds. The zero-order valence-electron chi connectivity index (χ0n) is 39.0. The first kappa shape index (κ1) is 41.8. The lowest BCUT2D eigenvalue weighted by Crippen LogP contribution is -2.30. The van der Waals surface area contributed by atoms with E-state index in [0.29, 0.717) is 0 Å². The molecule has 0 N–H and O–H groups in total. The molecule has 10 rings (SSSR count). The van der Waals surface area contributed by atoms with Gasteiger partial charge >= 0.3 is 0 Å². The fourth-order valence-electron chi connectivity index (χ4n) is 9.06. The molecule has 5 nitrogen and oxygen atoms in total. The van der Waals surface area contributed by atoms with Crippen LogP contribution >= 0.6 is 0 Å². The molecule has 65 heavy (non-hydrogen) atoms. The van der Waals surface area contributed by atoms with Gasteiger partial charge in [-0.3, -0.25) is 4.57 Å². The average molecular weight is 850 g/mol. The van der Waals surface area contributed by atoms with Crippen molar-refractivity contribution in [1.29, 1.82) is 0 Å². The van der Waals surface area contributed by atoms with Crippen molar-refractivity contribution >= 4 is 32.8 Å². The fraction of sp³-hybridized carbons (Fsp3) is 0.200. The second kappa shape index (κ2) is 15.8. The van der Waals surface area contributed by atoms with Gasteiger partial charge in [0.2, 0.25) is 0 Å². The van der Waals surface area contributed by atoms with E-state index in [4.69, 9.17) is 9.72 Å². The number of rotatable bonds is 7. The Balaban J connectivity index is 1.07. The van der Waals surface area contributed by atoms with Crippen molar-refractivity contribution in [3.8, 4) is 50.9 Å². The molecular formula is C60H57N4O+. The van der Waals surface area contributed by atoms with E-state index in [2.05, 4.69) is 246 Å². The van der Waals surface area contributed by atoms with Gasteiger partial charge < -0.3 is 4.74 Å². The van der Waals surface area contributed by atoms with E-state index in [1.165, 1.54) is 44.3 Å². The third kappa shape index (κ3) is 7.90. The van der Waals surface area contributed by atoms with Gasteiger partial charge in [-0.15, -0.1) is 0 Å². The topological polar surface area (TPSA) is 35.9 Å². The smallest absolute Gasteiger partial charge is 0.255 e. The van der Waals surface area contributed by atoms with Crippen LogP contribution in [0.15, 0.2) is 182 Å². The Labute approximate surface area is 383 Å². The maximum absolute atomic E-state index is 6.82. The van der Waals surface area contributed by atoms with Crippen LogP contribution < -0.4 is 9.30 Å². The third-order valence-electron chi connectivity index (χ3n) is 12.8. The van der Waals surface area contributed by atoms with E-state index in [1.807, 2.05) is 12.3 Å². The third-order valence-corrected chi connectivity index (χ3v) is 12.8. The zero-order valence-corrected chi connectivity index (χ0v) is 39.0. The SMILES string of the molecule is CC(C)(C)c1ccc(-c2ccc(C(C)(C)C)cc2-[n+]2cn(-c3cccc(Oc4ccc5c6cc(-c7ccccc7)ccc6n(-c6cc(C(C)(C)C)ccn6)c5c4)c3)c3ccccc32)cc1. The van der Waals surface area contributed by atoms with Gasteiger partial charge in [0, 0.05) is 34.7 Å². The van der Waals surface area contributed by atoms with Gasteiger partial charge in [-0.2, -0.15) is 9.13 Å². The van der Waals surface area contributed by atoms with Gasteiger partial charge in [-0.25, -0.2) is 4.98 Å². The molecule has 0 bridgehead atoms. The van der Waals surface area contributed by atoms with Crippen LogP contribution in [0.4, 0.5) is 0 Å². The first-order chi connectivity index (χ1) is 31.1. The molecule has 10 aromatic rings. The second-order valence-electron chi connectivity index (χ2n) is 20.5. The Kier molecular flexibility index (Phi) is 10.1. The average Bonchev–Trinajstić information content (AvgIpc) is 3.84. The van der Waals surface area contributed by atoms with Crippen LogP contribution in [0.5, 0.6) is 11.5 Å². The number of hydrogen-bond acceptors (Lipinski definition) is 2. The predicted octanol–water partition coefficient (Wildman–Crippen LogP) is 15.4. The van der Waals surface area contributed by atoms with Gasteiger partial charge in [0.05, 0.1) is 11.0 Å². The summed E-state index contributed by atoms with van der Waals surface area (Å²) in [5, 5.41) is 2.31. The minimum atomic E-state index is -0.0301. The summed E-state index contributed by atoms with van der Waals surface area (Å²) < 4.78 is 13.7. The second-order valence-corrected chi connectivity index (χ2v) is 20.5. The number of imidazole rings is 1. The van der Waals surface area contributed by atoms with Crippen molar-refractivity contribution in [2.75, 3.05) is 0 Å². The van der Waals surface area contributed by atoms with E-state index in [0.717, 1.165) is 56.1 Å². The molecular weight excluding hydrogens is 793 g/mol. The van der Waals surface area contributed by atoms with Crippen LogP contribution in [0, 0.1) is 0 Å². The van der Waals surface area contributed by atoms with Crippen molar-refractivity contribution in [1.82, 2.24) is 14.1 Å². The quantitative estimate of drug-likeness (QED) is 0.150. The summed E-state index contributed by atoms with van der Waals surface area (Å²) in [4.78, 5) is 4.95. The van der Waals surface area contributed by atoms with Gasteiger partial charge in [-0.1, -0.05) is 147 Å². The van der Waals surface area contributed by atoms with Crippen LogP contribution in [-0.2, 0) is 16.2 Å². The molecule has 0 aliphatic heterocycles. The van der Waals surface area contributed by atoms with Crippen LogP contribution in [0.2, 0.25) is 0 Å². The lowest BCUT2D eigenvalue weighted by molar-refractivity contribution is -0.567. The molecule has 0 fully saturated rings.